The summed E-state index contributed by atoms with van der Waals surface area (Å²) in [6.07, 6.45) is 2.91. The van der Waals surface area contributed by atoms with Crippen molar-refractivity contribution in [2.75, 3.05) is 25.6 Å². The lowest BCUT2D eigenvalue weighted by Gasteiger charge is -2.11. The Kier molecular flexibility index (Phi) is 7.11. The van der Waals surface area contributed by atoms with Gasteiger partial charge < -0.3 is 20.1 Å². The van der Waals surface area contributed by atoms with E-state index in [-0.39, 0.29) is 17.9 Å². The Hall–Kier alpha value is -2.93. The number of nitrogens with zero attached hydrogens (tertiary/aromatic N) is 1. The molecule has 138 valence electrons. The number of hydrogen-bond acceptors (Lipinski definition) is 5. The zero-order valence-electron chi connectivity index (χ0n) is 15.1. The number of anilines is 1. The van der Waals surface area contributed by atoms with Crippen LogP contribution in [0.4, 0.5) is 5.69 Å². The molecule has 2 N–H and O–H groups in total. The molecular formula is C19H23N3O4. The van der Waals surface area contributed by atoms with Crippen LogP contribution in [0.3, 0.4) is 0 Å². The molecule has 26 heavy (non-hydrogen) atoms. The fraction of sp³-hybridized carbons (Fsp3) is 0.316. The van der Waals surface area contributed by atoms with Gasteiger partial charge >= 0.3 is 0 Å². The third-order valence-corrected chi connectivity index (χ3v) is 3.34. The number of rotatable bonds is 8. The fourth-order valence-electron chi connectivity index (χ4n) is 2.15. The number of nitrogens with one attached hydrogen (secondary N) is 2. The first-order valence-electron chi connectivity index (χ1n) is 8.30. The minimum atomic E-state index is -0.346. The lowest BCUT2D eigenvalue weighted by atomic mass is 10.2. The van der Waals surface area contributed by atoms with E-state index in [0.29, 0.717) is 30.0 Å². The molecule has 1 aromatic carbocycles. The van der Waals surface area contributed by atoms with Crippen LogP contribution in [0, 0.1) is 0 Å². The second kappa shape index (κ2) is 9.53. The number of carbonyl (C=O) groups excluding carboxylic acids is 2. The normalized spacial score (nSPS) is 10.5. The number of carbonyl (C=O) groups is 2. The number of benzene rings is 1. The molecule has 0 unspecified atom stereocenters. The van der Waals surface area contributed by atoms with Crippen LogP contribution in [0.1, 0.15) is 34.6 Å². The van der Waals surface area contributed by atoms with Gasteiger partial charge in [0.2, 0.25) is 0 Å². The summed E-state index contributed by atoms with van der Waals surface area (Å²) in [6, 6.07) is 8.58. The number of pyridine rings is 1. The maximum atomic E-state index is 12.4. The molecule has 0 spiro atoms. The van der Waals surface area contributed by atoms with Crippen LogP contribution in [-0.4, -0.2) is 43.2 Å². The number of hydrogen-bond donors (Lipinski definition) is 2. The monoisotopic (exact) mass is 357 g/mol. The molecule has 7 heteroatoms. The van der Waals surface area contributed by atoms with Gasteiger partial charge in [0.25, 0.3) is 11.8 Å². The zero-order valence-corrected chi connectivity index (χ0v) is 15.1. The van der Waals surface area contributed by atoms with E-state index in [1.807, 2.05) is 13.8 Å². The first-order valence-corrected chi connectivity index (χ1v) is 8.30. The average molecular weight is 357 g/mol. The molecule has 0 aliphatic heterocycles. The van der Waals surface area contributed by atoms with Crippen LogP contribution in [-0.2, 0) is 4.74 Å². The Morgan fingerprint density at radius 2 is 1.73 bits per heavy atom. The van der Waals surface area contributed by atoms with Crippen LogP contribution in [0.2, 0.25) is 0 Å². The van der Waals surface area contributed by atoms with E-state index in [0.717, 1.165) is 5.75 Å². The summed E-state index contributed by atoms with van der Waals surface area (Å²) >= 11 is 0. The fourth-order valence-corrected chi connectivity index (χ4v) is 2.15. The smallest absolute Gasteiger partial charge is 0.257 e. The van der Waals surface area contributed by atoms with Crippen LogP contribution >= 0.6 is 0 Å². The summed E-state index contributed by atoms with van der Waals surface area (Å²) in [4.78, 5) is 28.4. The average Bonchev–Trinajstić information content (AvgIpc) is 2.63. The molecular weight excluding hydrogens is 334 g/mol. The molecule has 1 aromatic heterocycles. The maximum absolute atomic E-state index is 12.4. The number of aromatic nitrogens is 1. The summed E-state index contributed by atoms with van der Waals surface area (Å²) in [7, 11) is 1.56. The highest BCUT2D eigenvalue weighted by molar-refractivity contribution is 6.05. The third-order valence-electron chi connectivity index (χ3n) is 3.34. The Labute approximate surface area is 152 Å². The molecule has 0 radical (unpaired) electrons. The van der Waals surface area contributed by atoms with E-state index in [4.69, 9.17) is 9.47 Å². The van der Waals surface area contributed by atoms with Crippen molar-refractivity contribution in [3.8, 4) is 5.75 Å². The van der Waals surface area contributed by atoms with Gasteiger partial charge in [0, 0.05) is 31.7 Å². The summed E-state index contributed by atoms with van der Waals surface area (Å²) in [6.45, 7) is 4.69. The van der Waals surface area contributed by atoms with Crippen molar-refractivity contribution in [3.63, 3.8) is 0 Å². The lowest BCUT2D eigenvalue weighted by Crippen LogP contribution is -2.27. The molecule has 0 bridgehead atoms. The van der Waals surface area contributed by atoms with Gasteiger partial charge in [-0.2, -0.15) is 0 Å². The van der Waals surface area contributed by atoms with Crippen molar-refractivity contribution >= 4 is 17.5 Å². The Bertz CT molecular complexity index is 745. The van der Waals surface area contributed by atoms with Crippen molar-refractivity contribution in [2.45, 2.75) is 20.0 Å². The van der Waals surface area contributed by atoms with Crippen LogP contribution in [0.15, 0.2) is 42.7 Å². The lowest BCUT2D eigenvalue weighted by molar-refractivity contribution is 0.0936. The predicted molar refractivity (Wildman–Crippen MR) is 98.6 cm³/mol. The second-order valence-electron chi connectivity index (χ2n) is 5.86. The zero-order chi connectivity index (χ0) is 18.9. The van der Waals surface area contributed by atoms with E-state index in [9.17, 15) is 9.59 Å². The van der Waals surface area contributed by atoms with E-state index < -0.39 is 0 Å². The molecule has 1 heterocycles. The van der Waals surface area contributed by atoms with Gasteiger partial charge in [0.15, 0.2) is 0 Å². The van der Waals surface area contributed by atoms with Crippen molar-refractivity contribution in [3.05, 3.63) is 53.9 Å². The predicted octanol–water partition coefficient (Wildman–Crippen LogP) is 2.50. The van der Waals surface area contributed by atoms with Crippen LogP contribution < -0.4 is 15.4 Å². The summed E-state index contributed by atoms with van der Waals surface area (Å²) in [5.41, 5.74) is 1.24. The highest BCUT2D eigenvalue weighted by Gasteiger charge is 2.11. The Morgan fingerprint density at radius 1 is 1.08 bits per heavy atom. The summed E-state index contributed by atoms with van der Waals surface area (Å²) < 4.78 is 10.4. The van der Waals surface area contributed by atoms with Gasteiger partial charge in [-0.25, -0.2) is 0 Å². The highest BCUT2D eigenvalue weighted by Crippen LogP contribution is 2.17. The molecule has 0 fully saturated rings. The number of amides is 2. The van der Waals surface area contributed by atoms with Crippen LogP contribution in [0.5, 0.6) is 5.75 Å². The minimum absolute atomic E-state index is 0.0827. The van der Waals surface area contributed by atoms with E-state index in [1.54, 1.807) is 31.4 Å². The number of methoxy groups -OCH3 is 1. The molecule has 2 aromatic rings. The molecule has 0 atom stereocenters. The second-order valence-corrected chi connectivity index (χ2v) is 5.86. The topological polar surface area (TPSA) is 89.5 Å². The van der Waals surface area contributed by atoms with Gasteiger partial charge in [0.05, 0.1) is 23.8 Å². The molecule has 0 saturated heterocycles. The third kappa shape index (κ3) is 5.86. The molecule has 0 saturated carbocycles. The SMILES string of the molecule is COCCNC(=O)c1cncc(C(=O)Nc2ccc(OC(C)C)cc2)c1. The van der Waals surface area contributed by atoms with E-state index >= 15 is 0 Å². The first-order chi connectivity index (χ1) is 12.5. The maximum Gasteiger partial charge on any atom is 0.257 e. The standard InChI is InChI=1S/C19H23N3O4/c1-13(2)26-17-6-4-16(5-7-17)22-19(24)15-10-14(11-20-12-15)18(23)21-8-9-25-3/h4-7,10-13H,8-9H2,1-3H3,(H,21,23)(H,22,24). The van der Waals surface area contributed by atoms with Gasteiger partial charge in [-0.15, -0.1) is 0 Å². The summed E-state index contributed by atoms with van der Waals surface area (Å²) in [5.74, 6) is 0.0790. The van der Waals surface area contributed by atoms with Gasteiger partial charge in [-0.1, -0.05) is 0 Å². The minimum Gasteiger partial charge on any atom is -0.491 e. The number of ether oxygens (including phenoxy) is 2. The first kappa shape index (κ1) is 19.4. The van der Waals surface area contributed by atoms with Crippen molar-refractivity contribution < 1.29 is 19.1 Å². The largest absolute Gasteiger partial charge is 0.491 e. The molecule has 0 aliphatic rings. The molecule has 2 amide bonds. The molecule has 2 rings (SSSR count). The van der Waals surface area contributed by atoms with E-state index in [2.05, 4.69) is 15.6 Å². The molecule has 0 aliphatic carbocycles. The highest BCUT2D eigenvalue weighted by atomic mass is 16.5. The quantitative estimate of drug-likeness (QED) is 0.709. The summed E-state index contributed by atoms with van der Waals surface area (Å²) in [5, 5.41) is 5.46. The van der Waals surface area contributed by atoms with Gasteiger partial charge in [-0.05, 0) is 44.2 Å². The van der Waals surface area contributed by atoms with Gasteiger partial charge in [-0.3, -0.25) is 14.6 Å². The Balaban J connectivity index is 2.01. The van der Waals surface area contributed by atoms with Crippen molar-refractivity contribution in [2.24, 2.45) is 0 Å². The Morgan fingerprint density at radius 3 is 2.35 bits per heavy atom. The van der Waals surface area contributed by atoms with Crippen LogP contribution in [0.25, 0.3) is 0 Å². The van der Waals surface area contributed by atoms with Crippen molar-refractivity contribution in [1.82, 2.24) is 10.3 Å². The van der Waals surface area contributed by atoms with Gasteiger partial charge in [0.1, 0.15) is 5.75 Å². The van der Waals surface area contributed by atoms with Crippen molar-refractivity contribution in [1.29, 1.82) is 0 Å². The van der Waals surface area contributed by atoms with E-state index in [1.165, 1.54) is 18.5 Å². The molecule has 7 nitrogen and oxygen atoms in total.